The van der Waals surface area contributed by atoms with Gasteiger partial charge < -0.3 is 14.8 Å². The second-order valence-electron chi connectivity index (χ2n) is 4.42. The summed E-state index contributed by atoms with van der Waals surface area (Å²) in [5.74, 6) is 0.130. The average Bonchev–Trinajstić information content (AvgIpc) is 2.92. The van der Waals surface area contributed by atoms with Crippen LogP contribution in [-0.2, 0) is 9.47 Å². The predicted octanol–water partition coefficient (Wildman–Crippen LogP) is 2.08. The topological polar surface area (TPSA) is 60.5 Å². The summed E-state index contributed by atoms with van der Waals surface area (Å²) in [6, 6.07) is 0. The number of aromatic nitrogens is 1. The molecule has 1 aromatic rings. The molecular weight excluding hydrogens is 252 g/mol. The molecule has 1 aliphatic heterocycles. The van der Waals surface area contributed by atoms with E-state index in [1.807, 2.05) is 6.92 Å². The van der Waals surface area contributed by atoms with Gasteiger partial charge in [0.25, 0.3) is 0 Å². The largest absolute Gasteiger partial charge is 0.464 e. The Kier molecular flexibility index (Phi) is 4.19. The van der Waals surface area contributed by atoms with Gasteiger partial charge in [0.05, 0.1) is 13.2 Å². The van der Waals surface area contributed by atoms with E-state index < -0.39 is 0 Å². The van der Waals surface area contributed by atoms with Crippen LogP contribution < -0.4 is 5.32 Å². The fraction of sp³-hybridized carbons (Fsp3) is 0.667. The van der Waals surface area contributed by atoms with Gasteiger partial charge in [0, 0.05) is 23.9 Å². The molecule has 0 amide bonds. The Bertz CT molecular complexity index is 433. The molecule has 0 spiro atoms. The molecule has 1 aromatic heterocycles. The molecule has 2 heterocycles. The highest BCUT2D eigenvalue weighted by molar-refractivity contribution is 7.15. The lowest BCUT2D eigenvalue weighted by Gasteiger charge is -2.13. The Labute approximate surface area is 111 Å². The van der Waals surface area contributed by atoms with Crippen molar-refractivity contribution in [2.75, 3.05) is 25.6 Å². The SMILES string of the molecule is COC(=O)c1nc(NCC2CCOC2C)sc1C. The van der Waals surface area contributed by atoms with E-state index in [1.54, 1.807) is 0 Å². The lowest BCUT2D eigenvalue weighted by molar-refractivity contribution is 0.0594. The van der Waals surface area contributed by atoms with Gasteiger partial charge in [-0.3, -0.25) is 0 Å². The Balaban J connectivity index is 1.95. The monoisotopic (exact) mass is 270 g/mol. The third-order valence-corrected chi connectivity index (χ3v) is 4.15. The minimum absolute atomic E-state index is 0.290. The number of esters is 1. The van der Waals surface area contributed by atoms with Crippen LogP contribution in [0.5, 0.6) is 0 Å². The predicted molar refractivity (Wildman–Crippen MR) is 70.2 cm³/mol. The third-order valence-electron chi connectivity index (χ3n) is 3.22. The third kappa shape index (κ3) is 2.81. The average molecular weight is 270 g/mol. The van der Waals surface area contributed by atoms with E-state index in [1.165, 1.54) is 18.4 Å². The summed E-state index contributed by atoms with van der Waals surface area (Å²) in [5, 5.41) is 4.05. The Morgan fingerprint density at radius 3 is 3.06 bits per heavy atom. The van der Waals surface area contributed by atoms with Gasteiger partial charge in [0.15, 0.2) is 10.8 Å². The first-order valence-corrected chi connectivity index (χ1v) is 6.84. The van der Waals surface area contributed by atoms with Gasteiger partial charge in [-0.15, -0.1) is 11.3 Å². The molecule has 1 fully saturated rings. The number of nitrogens with zero attached hydrogens (tertiary/aromatic N) is 1. The van der Waals surface area contributed by atoms with E-state index in [2.05, 4.69) is 22.0 Å². The Hall–Kier alpha value is -1.14. The van der Waals surface area contributed by atoms with E-state index in [-0.39, 0.29) is 5.97 Å². The number of aryl methyl sites for hydroxylation is 1. The highest BCUT2D eigenvalue weighted by Crippen LogP contribution is 2.25. The molecule has 2 unspecified atom stereocenters. The molecule has 6 heteroatoms. The molecule has 1 N–H and O–H groups in total. The number of ether oxygens (including phenoxy) is 2. The molecule has 2 atom stereocenters. The van der Waals surface area contributed by atoms with Crippen molar-refractivity contribution in [3.8, 4) is 0 Å². The number of carbonyl (C=O) groups excluding carboxylic acids is 1. The molecule has 0 bridgehead atoms. The Morgan fingerprint density at radius 1 is 1.67 bits per heavy atom. The molecule has 1 saturated heterocycles. The van der Waals surface area contributed by atoms with Crippen molar-refractivity contribution < 1.29 is 14.3 Å². The molecule has 100 valence electrons. The van der Waals surface area contributed by atoms with Crippen LogP contribution in [0.2, 0.25) is 0 Å². The van der Waals surface area contributed by atoms with Crippen LogP contribution in [0.15, 0.2) is 0 Å². The molecule has 2 rings (SSSR count). The van der Waals surface area contributed by atoms with E-state index in [0.717, 1.165) is 29.6 Å². The molecule has 0 aromatic carbocycles. The van der Waals surface area contributed by atoms with E-state index in [4.69, 9.17) is 4.74 Å². The van der Waals surface area contributed by atoms with Crippen LogP contribution in [0.3, 0.4) is 0 Å². The quantitative estimate of drug-likeness (QED) is 0.849. The molecule has 18 heavy (non-hydrogen) atoms. The number of hydrogen-bond donors (Lipinski definition) is 1. The second kappa shape index (κ2) is 5.67. The minimum Gasteiger partial charge on any atom is -0.464 e. The van der Waals surface area contributed by atoms with Crippen LogP contribution >= 0.6 is 11.3 Å². The van der Waals surface area contributed by atoms with E-state index >= 15 is 0 Å². The lowest BCUT2D eigenvalue weighted by Crippen LogP contribution is -2.20. The van der Waals surface area contributed by atoms with Crippen LogP contribution in [0.4, 0.5) is 5.13 Å². The van der Waals surface area contributed by atoms with Crippen molar-refractivity contribution in [3.63, 3.8) is 0 Å². The summed E-state index contributed by atoms with van der Waals surface area (Å²) in [6.45, 7) is 5.62. The maximum Gasteiger partial charge on any atom is 0.357 e. The molecular formula is C12H18N2O3S. The zero-order chi connectivity index (χ0) is 13.1. The van der Waals surface area contributed by atoms with Crippen LogP contribution in [0.1, 0.15) is 28.7 Å². The van der Waals surface area contributed by atoms with Crippen LogP contribution in [-0.4, -0.2) is 37.3 Å². The second-order valence-corrected chi connectivity index (χ2v) is 5.62. The van der Waals surface area contributed by atoms with Crippen LogP contribution in [0, 0.1) is 12.8 Å². The van der Waals surface area contributed by atoms with Gasteiger partial charge in [-0.25, -0.2) is 9.78 Å². The number of nitrogens with one attached hydrogen (secondary N) is 1. The Morgan fingerprint density at radius 2 is 2.44 bits per heavy atom. The normalized spacial score (nSPS) is 23.1. The zero-order valence-electron chi connectivity index (χ0n) is 10.9. The van der Waals surface area contributed by atoms with Crippen molar-refractivity contribution in [1.82, 2.24) is 4.98 Å². The van der Waals surface area contributed by atoms with Crippen molar-refractivity contribution >= 4 is 22.4 Å². The summed E-state index contributed by atoms with van der Waals surface area (Å²) in [7, 11) is 1.37. The first kappa shape index (κ1) is 13.3. The summed E-state index contributed by atoms with van der Waals surface area (Å²) in [5.41, 5.74) is 0.403. The van der Waals surface area contributed by atoms with E-state index in [9.17, 15) is 4.79 Å². The van der Waals surface area contributed by atoms with Gasteiger partial charge in [-0.05, 0) is 20.3 Å². The molecule has 1 aliphatic rings. The summed E-state index contributed by atoms with van der Waals surface area (Å²) in [4.78, 5) is 16.6. The fourth-order valence-electron chi connectivity index (χ4n) is 2.02. The summed E-state index contributed by atoms with van der Waals surface area (Å²) in [6.07, 6.45) is 1.36. The molecule has 0 aliphatic carbocycles. The van der Waals surface area contributed by atoms with Gasteiger partial charge >= 0.3 is 5.97 Å². The van der Waals surface area contributed by atoms with Gasteiger partial charge in [-0.1, -0.05) is 0 Å². The number of rotatable bonds is 4. The van der Waals surface area contributed by atoms with Crippen molar-refractivity contribution in [2.45, 2.75) is 26.4 Å². The fourth-order valence-corrected chi connectivity index (χ4v) is 2.83. The molecule has 0 saturated carbocycles. The van der Waals surface area contributed by atoms with Crippen molar-refractivity contribution in [3.05, 3.63) is 10.6 Å². The van der Waals surface area contributed by atoms with Gasteiger partial charge in [0.2, 0.25) is 0 Å². The van der Waals surface area contributed by atoms with Crippen molar-refractivity contribution in [2.24, 2.45) is 5.92 Å². The number of anilines is 1. The van der Waals surface area contributed by atoms with Gasteiger partial charge in [0.1, 0.15) is 0 Å². The highest BCUT2D eigenvalue weighted by atomic mass is 32.1. The summed E-state index contributed by atoms with van der Waals surface area (Å²) >= 11 is 1.48. The van der Waals surface area contributed by atoms with Crippen molar-refractivity contribution in [1.29, 1.82) is 0 Å². The van der Waals surface area contributed by atoms with Crippen LogP contribution in [0.25, 0.3) is 0 Å². The standard InChI is InChI=1S/C12H18N2O3S/c1-7-9(4-5-17-7)6-13-12-14-10(8(2)18-12)11(15)16-3/h7,9H,4-6H2,1-3H3,(H,13,14). The first-order valence-electron chi connectivity index (χ1n) is 6.03. The van der Waals surface area contributed by atoms with Gasteiger partial charge in [-0.2, -0.15) is 0 Å². The molecule has 0 radical (unpaired) electrons. The number of methoxy groups -OCH3 is 1. The first-order chi connectivity index (χ1) is 8.61. The zero-order valence-corrected chi connectivity index (χ0v) is 11.7. The number of hydrogen-bond acceptors (Lipinski definition) is 6. The number of carbonyl (C=O) groups is 1. The lowest BCUT2D eigenvalue weighted by atomic mass is 10.0. The molecule has 5 nitrogen and oxygen atoms in total. The summed E-state index contributed by atoms with van der Waals surface area (Å²) < 4.78 is 10.2. The maximum absolute atomic E-state index is 11.4. The number of thiazole rings is 1. The highest BCUT2D eigenvalue weighted by Gasteiger charge is 2.24. The minimum atomic E-state index is -0.380. The maximum atomic E-state index is 11.4. The smallest absolute Gasteiger partial charge is 0.357 e. The van der Waals surface area contributed by atoms with E-state index in [0.29, 0.717) is 17.7 Å².